The number of thioether (sulfide) groups is 1. The first-order valence-electron chi connectivity index (χ1n) is 8.74. The van der Waals surface area contributed by atoms with Crippen molar-refractivity contribution in [2.75, 3.05) is 11.1 Å². The molecule has 7 nitrogen and oxygen atoms in total. The number of nitrogens with one attached hydrogen (secondary N) is 2. The lowest BCUT2D eigenvalue weighted by atomic mass is 10.2. The maximum absolute atomic E-state index is 13.7. The van der Waals surface area contributed by atoms with Crippen LogP contribution in [0.2, 0.25) is 15.1 Å². The number of hydrogen-bond donors (Lipinski definition) is 2. The van der Waals surface area contributed by atoms with E-state index in [9.17, 15) is 14.0 Å². The van der Waals surface area contributed by atoms with Crippen molar-refractivity contribution in [2.24, 2.45) is 7.05 Å². The van der Waals surface area contributed by atoms with E-state index in [1.165, 1.54) is 30.3 Å². The zero-order valence-electron chi connectivity index (χ0n) is 16.0. The van der Waals surface area contributed by atoms with Crippen molar-refractivity contribution in [3.8, 4) is 0 Å². The van der Waals surface area contributed by atoms with Crippen LogP contribution in [0, 0.1) is 5.82 Å². The Hall–Kier alpha value is -2.33. The van der Waals surface area contributed by atoms with Gasteiger partial charge in [0.15, 0.2) is 11.0 Å². The van der Waals surface area contributed by atoms with Crippen LogP contribution in [0.3, 0.4) is 0 Å². The van der Waals surface area contributed by atoms with Crippen LogP contribution in [-0.2, 0) is 18.4 Å². The number of carbonyl (C=O) groups excluding carboxylic acids is 2. The fourth-order valence-electron chi connectivity index (χ4n) is 2.46. The van der Waals surface area contributed by atoms with E-state index in [-0.39, 0.29) is 38.8 Å². The highest BCUT2D eigenvalue weighted by atomic mass is 35.5. The molecule has 0 aliphatic heterocycles. The molecule has 0 fully saturated rings. The molecular formula is C19H15Cl3FN5O2S. The van der Waals surface area contributed by atoms with E-state index in [1.54, 1.807) is 17.7 Å². The van der Waals surface area contributed by atoms with Crippen LogP contribution in [0.5, 0.6) is 0 Å². The van der Waals surface area contributed by atoms with Crippen molar-refractivity contribution in [2.45, 2.75) is 11.7 Å². The average Bonchev–Trinajstić information content (AvgIpc) is 3.08. The number of benzene rings is 2. The Balaban J connectivity index is 1.55. The lowest BCUT2D eigenvalue weighted by Gasteiger charge is -2.09. The van der Waals surface area contributed by atoms with Crippen molar-refractivity contribution < 1.29 is 14.0 Å². The first-order valence-corrected chi connectivity index (χ1v) is 10.9. The molecule has 3 aromatic rings. The maximum Gasteiger partial charge on any atom is 0.254 e. The highest BCUT2D eigenvalue weighted by Crippen LogP contribution is 2.32. The molecule has 0 saturated carbocycles. The molecule has 0 bridgehead atoms. The van der Waals surface area contributed by atoms with Gasteiger partial charge in [0.25, 0.3) is 5.91 Å². The Morgan fingerprint density at radius 3 is 2.55 bits per heavy atom. The first-order chi connectivity index (χ1) is 14.8. The van der Waals surface area contributed by atoms with Gasteiger partial charge in [-0.2, -0.15) is 0 Å². The molecule has 12 heteroatoms. The molecule has 0 unspecified atom stereocenters. The van der Waals surface area contributed by atoms with E-state index in [1.807, 2.05) is 0 Å². The molecule has 0 spiro atoms. The highest BCUT2D eigenvalue weighted by Gasteiger charge is 2.15. The SMILES string of the molecule is Cn1c(CNC(=O)c2ccccc2F)nnc1SCC(=O)Nc1cc(Cl)c(Cl)cc1Cl. The van der Waals surface area contributed by atoms with Gasteiger partial charge < -0.3 is 15.2 Å². The number of hydrogen-bond acceptors (Lipinski definition) is 5. The van der Waals surface area contributed by atoms with Crippen molar-refractivity contribution >= 4 is 64.1 Å². The third-order valence-corrected chi connectivity index (χ3v) is 6.12. The lowest BCUT2D eigenvalue weighted by Crippen LogP contribution is -2.25. The van der Waals surface area contributed by atoms with Crippen molar-refractivity contribution in [3.63, 3.8) is 0 Å². The topological polar surface area (TPSA) is 88.9 Å². The van der Waals surface area contributed by atoms with Crippen molar-refractivity contribution in [3.05, 3.63) is 68.7 Å². The van der Waals surface area contributed by atoms with E-state index in [4.69, 9.17) is 34.8 Å². The third kappa shape index (κ3) is 5.88. The summed E-state index contributed by atoms with van der Waals surface area (Å²) in [4.78, 5) is 24.4. The number of nitrogens with zero attached hydrogens (tertiary/aromatic N) is 3. The number of anilines is 1. The molecular weight excluding hydrogens is 488 g/mol. The normalized spacial score (nSPS) is 10.7. The Morgan fingerprint density at radius 1 is 1.10 bits per heavy atom. The standard InChI is InChI=1S/C19H15Cl3FN5O2S/c1-28-16(8-24-18(30)10-4-2-3-5-14(10)23)26-27-19(28)31-9-17(29)25-15-7-12(21)11(20)6-13(15)22/h2-7H,8-9H2,1H3,(H,24,30)(H,25,29). The van der Waals surface area contributed by atoms with Gasteiger partial charge in [0.05, 0.1) is 38.6 Å². The molecule has 31 heavy (non-hydrogen) atoms. The predicted molar refractivity (Wildman–Crippen MR) is 119 cm³/mol. The molecule has 0 radical (unpaired) electrons. The van der Waals surface area contributed by atoms with Crippen molar-refractivity contribution in [1.29, 1.82) is 0 Å². The molecule has 0 aliphatic rings. The summed E-state index contributed by atoms with van der Waals surface area (Å²) in [6.45, 7) is 0.0440. The van der Waals surface area contributed by atoms with Crippen LogP contribution in [0.1, 0.15) is 16.2 Å². The maximum atomic E-state index is 13.7. The molecule has 0 aliphatic carbocycles. The lowest BCUT2D eigenvalue weighted by molar-refractivity contribution is -0.113. The second kappa shape index (κ2) is 10.3. The summed E-state index contributed by atoms with van der Waals surface area (Å²) in [5.41, 5.74) is 0.285. The quantitative estimate of drug-likeness (QED) is 0.365. The van der Waals surface area contributed by atoms with Gasteiger partial charge in [-0.05, 0) is 24.3 Å². The van der Waals surface area contributed by atoms with Gasteiger partial charge in [-0.3, -0.25) is 9.59 Å². The number of carbonyl (C=O) groups is 2. The molecule has 2 N–H and O–H groups in total. The van der Waals surface area contributed by atoms with E-state index in [2.05, 4.69) is 20.8 Å². The third-order valence-electron chi connectivity index (χ3n) is 4.07. The summed E-state index contributed by atoms with van der Waals surface area (Å²) in [6, 6.07) is 8.59. The fraction of sp³-hybridized carbons (Fsp3) is 0.158. The van der Waals surface area contributed by atoms with Crippen LogP contribution in [0.15, 0.2) is 41.6 Å². The monoisotopic (exact) mass is 501 g/mol. The molecule has 0 saturated heterocycles. The number of halogens is 4. The molecule has 1 heterocycles. The van der Waals surface area contributed by atoms with E-state index in [0.717, 1.165) is 11.8 Å². The summed E-state index contributed by atoms with van der Waals surface area (Å²) >= 11 is 19.0. The van der Waals surface area contributed by atoms with Gasteiger partial charge in [0, 0.05) is 7.05 Å². The van der Waals surface area contributed by atoms with E-state index in [0.29, 0.717) is 16.7 Å². The molecule has 2 amide bonds. The first kappa shape index (κ1) is 23.3. The van der Waals surface area contributed by atoms with Crippen LogP contribution < -0.4 is 10.6 Å². The minimum Gasteiger partial charge on any atom is -0.345 e. The Labute approximate surface area is 196 Å². The van der Waals surface area contributed by atoms with Crippen LogP contribution in [0.25, 0.3) is 0 Å². The Kier molecular flexibility index (Phi) is 7.77. The average molecular weight is 503 g/mol. The molecule has 1 aromatic heterocycles. The minimum absolute atomic E-state index is 0.0319. The number of aromatic nitrogens is 3. The van der Waals surface area contributed by atoms with Crippen molar-refractivity contribution in [1.82, 2.24) is 20.1 Å². The van der Waals surface area contributed by atoms with Gasteiger partial charge >= 0.3 is 0 Å². The minimum atomic E-state index is -0.609. The second-order valence-electron chi connectivity index (χ2n) is 6.20. The van der Waals surface area contributed by atoms with E-state index >= 15 is 0 Å². The largest absolute Gasteiger partial charge is 0.345 e. The van der Waals surface area contributed by atoms with Crippen LogP contribution >= 0.6 is 46.6 Å². The molecule has 2 aromatic carbocycles. The highest BCUT2D eigenvalue weighted by molar-refractivity contribution is 7.99. The van der Waals surface area contributed by atoms with Gasteiger partial charge in [-0.25, -0.2) is 4.39 Å². The summed E-state index contributed by atoms with van der Waals surface area (Å²) in [6.07, 6.45) is 0. The second-order valence-corrected chi connectivity index (χ2v) is 8.37. The zero-order valence-corrected chi connectivity index (χ0v) is 19.0. The Morgan fingerprint density at radius 2 is 1.81 bits per heavy atom. The summed E-state index contributed by atoms with van der Waals surface area (Å²) in [5, 5.41) is 14.5. The van der Waals surface area contributed by atoms with Crippen LogP contribution in [0.4, 0.5) is 10.1 Å². The Bertz CT molecular complexity index is 1140. The van der Waals surface area contributed by atoms with E-state index < -0.39 is 11.7 Å². The molecule has 0 atom stereocenters. The zero-order chi connectivity index (χ0) is 22.5. The molecule has 3 rings (SSSR count). The predicted octanol–water partition coefficient (Wildman–Crippen LogP) is 4.58. The van der Waals surface area contributed by atoms with Gasteiger partial charge in [-0.1, -0.05) is 58.7 Å². The van der Waals surface area contributed by atoms with Gasteiger partial charge in [-0.15, -0.1) is 10.2 Å². The van der Waals surface area contributed by atoms with Gasteiger partial charge in [0.2, 0.25) is 5.91 Å². The number of rotatable bonds is 7. The summed E-state index contributed by atoms with van der Waals surface area (Å²) in [5.74, 6) is -1.03. The summed E-state index contributed by atoms with van der Waals surface area (Å²) in [7, 11) is 1.70. The van der Waals surface area contributed by atoms with Gasteiger partial charge in [0.1, 0.15) is 5.82 Å². The number of amides is 2. The fourth-order valence-corrected chi connectivity index (χ4v) is 3.78. The molecule has 162 valence electrons. The summed E-state index contributed by atoms with van der Waals surface area (Å²) < 4.78 is 15.3. The smallest absolute Gasteiger partial charge is 0.254 e. The van der Waals surface area contributed by atoms with Crippen LogP contribution in [-0.4, -0.2) is 32.3 Å².